The second-order valence-electron chi connectivity index (χ2n) is 8.72. The first-order chi connectivity index (χ1) is 16.8. The number of hydrogen-bond acceptors (Lipinski definition) is 3. The number of aryl methyl sites for hydroxylation is 2. The number of fused-ring (bicyclic) bond motifs is 1. The van der Waals surface area contributed by atoms with Gasteiger partial charge in [0.15, 0.2) is 0 Å². The third-order valence-corrected chi connectivity index (χ3v) is 6.34. The summed E-state index contributed by atoms with van der Waals surface area (Å²) in [4.78, 5) is 33.7. The van der Waals surface area contributed by atoms with E-state index < -0.39 is 6.04 Å². The van der Waals surface area contributed by atoms with Gasteiger partial charge in [0.1, 0.15) is 5.82 Å². The molecule has 180 valence electrons. The molecule has 1 atom stereocenters. The minimum Gasteiger partial charge on any atom is -0.315 e. The SMILES string of the molecule is CCCN(C(=O)Nc1ccccc1C)C(C)c1nc2cc(Cl)ccc2c(=O)n1-c1ccc(C)cc1. The Morgan fingerprint density at radius 3 is 2.49 bits per heavy atom. The number of carbonyl (C=O) groups excluding carboxylic acids is 1. The third kappa shape index (κ3) is 5.08. The van der Waals surface area contributed by atoms with E-state index in [0.717, 1.165) is 23.2 Å². The monoisotopic (exact) mass is 488 g/mol. The van der Waals surface area contributed by atoms with Crippen LogP contribution in [0.3, 0.4) is 0 Å². The Morgan fingerprint density at radius 1 is 1.09 bits per heavy atom. The fraction of sp³-hybridized carbons (Fsp3) is 0.250. The number of halogens is 1. The van der Waals surface area contributed by atoms with Gasteiger partial charge in [-0.2, -0.15) is 0 Å². The average molecular weight is 489 g/mol. The first kappa shape index (κ1) is 24.5. The highest BCUT2D eigenvalue weighted by Gasteiger charge is 2.27. The molecule has 4 aromatic rings. The van der Waals surface area contributed by atoms with Crippen molar-refractivity contribution >= 4 is 34.2 Å². The molecular weight excluding hydrogens is 460 g/mol. The van der Waals surface area contributed by atoms with Gasteiger partial charge in [0.05, 0.1) is 22.6 Å². The van der Waals surface area contributed by atoms with Gasteiger partial charge in [0.25, 0.3) is 5.56 Å². The van der Waals surface area contributed by atoms with E-state index in [2.05, 4.69) is 5.32 Å². The predicted molar refractivity (Wildman–Crippen MR) is 143 cm³/mol. The Morgan fingerprint density at radius 2 is 1.80 bits per heavy atom. The van der Waals surface area contributed by atoms with Crippen molar-refractivity contribution < 1.29 is 4.79 Å². The number of hydrogen-bond donors (Lipinski definition) is 1. The topological polar surface area (TPSA) is 67.2 Å². The summed E-state index contributed by atoms with van der Waals surface area (Å²) in [5.41, 5.74) is 3.81. The molecular formula is C28H29ClN4O2. The van der Waals surface area contributed by atoms with Crippen LogP contribution in [0, 0.1) is 13.8 Å². The van der Waals surface area contributed by atoms with Gasteiger partial charge in [0, 0.05) is 17.3 Å². The number of anilines is 1. The Hall–Kier alpha value is -3.64. The molecule has 0 saturated carbocycles. The fourth-order valence-electron chi connectivity index (χ4n) is 4.15. The minimum atomic E-state index is -0.489. The molecule has 0 fully saturated rings. The van der Waals surface area contributed by atoms with Crippen LogP contribution in [-0.4, -0.2) is 27.0 Å². The number of nitrogens with one attached hydrogen (secondary N) is 1. The maximum atomic E-state index is 13.7. The summed E-state index contributed by atoms with van der Waals surface area (Å²) >= 11 is 6.22. The molecule has 1 unspecified atom stereocenters. The zero-order valence-corrected chi connectivity index (χ0v) is 21.1. The standard InChI is InChI=1S/C28H29ClN4O2/c1-5-16-32(28(35)31-24-9-7-6-8-19(24)3)20(4)26-30-25-17-21(29)12-15-23(25)27(34)33(26)22-13-10-18(2)11-14-22/h6-15,17,20H,5,16H2,1-4H3,(H,31,35). The van der Waals surface area contributed by atoms with E-state index in [-0.39, 0.29) is 11.6 Å². The maximum absolute atomic E-state index is 13.7. The number of para-hydroxylation sites is 1. The number of urea groups is 1. The van der Waals surface area contributed by atoms with Crippen LogP contribution in [0.15, 0.2) is 71.5 Å². The highest BCUT2D eigenvalue weighted by atomic mass is 35.5. The Kier molecular flexibility index (Phi) is 7.22. The smallest absolute Gasteiger partial charge is 0.315 e. The quantitative estimate of drug-likeness (QED) is 0.330. The zero-order valence-electron chi connectivity index (χ0n) is 20.4. The van der Waals surface area contributed by atoms with Crippen molar-refractivity contribution in [3.05, 3.63) is 99.1 Å². The van der Waals surface area contributed by atoms with Crippen molar-refractivity contribution in [1.82, 2.24) is 14.5 Å². The van der Waals surface area contributed by atoms with Crippen LogP contribution in [0.4, 0.5) is 10.5 Å². The average Bonchev–Trinajstić information content (AvgIpc) is 2.84. The molecule has 1 aromatic heterocycles. The molecule has 0 saturated heterocycles. The van der Waals surface area contributed by atoms with Crippen molar-refractivity contribution in [3.8, 4) is 5.69 Å². The van der Waals surface area contributed by atoms with Gasteiger partial charge in [-0.25, -0.2) is 9.78 Å². The van der Waals surface area contributed by atoms with Gasteiger partial charge >= 0.3 is 6.03 Å². The molecule has 0 aliphatic rings. The van der Waals surface area contributed by atoms with E-state index in [1.54, 1.807) is 27.7 Å². The van der Waals surface area contributed by atoms with Gasteiger partial charge in [-0.15, -0.1) is 0 Å². The summed E-state index contributed by atoms with van der Waals surface area (Å²) in [6.07, 6.45) is 0.750. The van der Waals surface area contributed by atoms with Crippen LogP contribution in [0.2, 0.25) is 5.02 Å². The lowest BCUT2D eigenvalue weighted by Crippen LogP contribution is -2.40. The lowest BCUT2D eigenvalue weighted by Gasteiger charge is -2.30. The molecule has 0 spiro atoms. The van der Waals surface area contributed by atoms with Gasteiger partial charge in [-0.3, -0.25) is 9.36 Å². The Balaban J connectivity index is 1.85. The summed E-state index contributed by atoms with van der Waals surface area (Å²) in [7, 11) is 0. The van der Waals surface area contributed by atoms with Crippen molar-refractivity contribution in [2.75, 3.05) is 11.9 Å². The number of benzene rings is 3. The van der Waals surface area contributed by atoms with E-state index in [4.69, 9.17) is 16.6 Å². The van der Waals surface area contributed by atoms with E-state index in [9.17, 15) is 9.59 Å². The van der Waals surface area contributed by atoms with E-state index in [0.29, 0.717) is 34.0 Å². The Labute approximate surface area is 210 Å². The van der Waals surface area contributed by atoms with Crippen LogP contribution in [-0.2, 0) is 0 Å². The maximum Gasteiger partial charge on any atom is 0.322 e. The first-order valence-electron chi connectivity index (χ1n) is 11.7. The first-order valence-corrected chi connectivity index (χ1v) is 12.1. The molecule has 4 rings (SSSR count). The normalized spacial score (nSPS) is 11.9. The van der Waals surface area contributed by atoms with Crippen molar-refractivity contribution in [2.24, 2.45) is 0 Å². The number of aromatic nitrogens is 2. The van der Waals surface area contributed by atoms with Gasteiger partial charge in [-0.1, -0.05) is 54.4 Å². The largest absolute Gasteiger partial charge is 0.322 e. The summed E-state index contributed by atoms with van der Waals surface area (Å²) in [5, 5.41) is 3.99. The van der Waals surface area contributed by atoms with Crippen LogP contribution in [0.5, 0.6) is 0 Å². The van der Waals surface area contributed by atoms with Crippen LogP contribution >= 0.6 is 11.6 Å². The minimum absolute atomic E-state index is 0.201. The molecule has 0 bridgehead atoms. The summed E-state index contributed by atoms with van der Waals surface area (Å²) in [6.45, 7) is 8.36. The predicted octanol–water partition coefficient (Wildman–Crippen LogP) is 6.66. The molecule has 35 heavy (non-hydrogen) atoms. The third-order valence-electron chi connectivity index (χ3n) is 6.10. The molecule has 0 radical (unpaired) electrons. The molecule has 6 nitrogen and oxygen atoms in total. The molecule has 1 heterocycles. The lowest BCUT2D eigenvalue weighted by atomic mass is 10.1. The molecule has 2 amide bonds. The lowest BCUT2D eigenvalue weighted by molar-refractivity contribution is 0.189. The van der Waals surface area contributed by atoms with Crippen molar-refractivity contribution in [1.29, 1.82) is 0 Å². The highest BCUT2D eigenvalue weighted by molar-refractivity contribution is 6.31. The number of amides is 2. The second-order valence-corrected chi connectivity index (χ2v) is 9.16. The summed E-state index contributed by atoms with van der Waals surface area (Å²) < 4.78 is 1.60. The molecule has 0 aliphatic carbocycles. The second kappa shape index (κ2) is 10.3. The van der Waals surface area contributed by atoms with Crippen LogP contribution in [0.1, 0.15) is 43.3 Å². The van der Waals surface area contributed by atoms with E-state index in [1.807, 2.05) is 76.2 Å². The van der Waals surface area contributed by atoms with Crippen molar-refractivity contribution in [3.63, 3.8) is 0 Å². The zero-order chi connectivity index (χ0) is 25.1. The number of carbonyl (C=O) groups is 1. The number of nitrogens with zero attached hydrogens (tertiary/aromatic N) is 3. The molecule has 0 aliphatic heterocycles. The van der Waals surface area contributed by atoms with Gasteiger partial charge in [0.2, 0.25) is 0 Å². The highest BCUT2D eigenvalue weighted by Crippen LogP contribution is 2.26. The Bertz CT molecular complexity index is 1430. The van der Waals surface area contributed by atoms with Gasteiger partial charge < -0.3 is 10.2 Å². The number of rotatable bonds is 6. The summed E-state index contributed by atoms with van der Waals surface area (Å²) in [6, 6.07) is 19.7. The van der Waals surface area contributed by atoms with E-state index >= 15 is 0 Å². The molecule has 7 heteroatoms. The van der Waals surface area contributed by atoms with Crippen LogP contribution in [0.25, 0.3) is 16.6 Å². The van der Waals surface area contributed by atoms with Gasteiger partial charge in [-0.05, 0) is 69.2 Å². The van der Waals surface area contributed by atoms with E-state index in [1.165, 1.54) is 0 Å². The van der Waals surface area contributed by atoms with Crippen LogP contribution < -0.4 is 10.9 Å². The van der Waals surface area contributed by atoms with Crippen molar-refractivity contribution in [2.45, 2.75) is 40.2 Å². The fourth-order valence-corrected chi connectivity index (χ4v) is 4.32. The molecule has 1 N–H and O–H groups in total. The summed E-state index contributed by atoms with van der Waals surface area (Å²) in [5.74, 6) is 0.474. The molecule has 3 aromatic carbocycles.